The van der Waals surface area contributed by atoms with Crippen molar-refractivity contribution in [2.75, 3.05) is 26.7 Å². The average Bonchev–Trinajstić information content (AvgIpc) is 2.59. The quantitative estimate of drug-likeness (QED) is 0.627. The molecule has 1 heterocycles. The summed E-state index contributed by atoms with van der Waals surface area (Å²) >= 11 is 0. The Balaban J connectivity index is 1.97. The Morgan fingerprint density at radius 1 is 1.38 bits per heavy atom. The number of sulfonamides is 1. The van der Waals surface area contributed by atoms with E-state index in [0.29, 0.717) is 25.9 Å². The molecule has 1 saturated heterocycles. The number of piperidine rings is 1. The summed E-state index contributed by atoms with van der Waals surface area (Å²) in [4.78, 5) is 22.9. The number of nitro groups is 1. The first-order chi connectivity index (χ1) is 11.3. The number of likely N-dealkylation sites (tertiary alicyclic amines) is 1. The first kappa shape index (κ1) is 18.1. The van der Waals surface area contributed by atoms with Crippen molar-refractivity contribution in [2.24, 2.45) is 5.92 Å². The highest BCUT2D eigenvalue weighted by Crippen LogP contribution is 2.23. The number of para-hydroxylation sites is 1. The van der Waals surface area contributed by atoms with Crippen LogP contribution in [0.15, 0.2) is 29.2 Å². The summed E-state index contributed by atoms with van der Waals surface area (Å²) < 4.78 is 31.7. The van der Waals surface area contributed by atoms with E-state index in [9.17, 15) is 23.3 Å². The number of nitrogens with zero attached hydrogens (tertiary/aromatic N) is 2. The zero-order valence-electron chi connectivity index (χ0n) is 13.2. The van der Waals surface area contributed by atoms with Crippen molar-refractivity contribution >= 4 is 21.8 Å². The van der Waals surface area contributed by atoms with Crippen molar-refractivity contribution in [2.45, 2.75) is 17.7 Å². The minimum atomic E-state index is -3.97. The van der Waals surface area contributed by atoms with Crippen LogP contribution in [0.3, 0.4) is 0 Å². The van der Waals surface area contributed by atoms with Crippen LogP contribution < -0.4 is 4.72 Å². The van der Waals surface area contributed by atoms with Gasteiger partial charge in [0.05, 0.1) is 12.0 Å². The van der Waals surface area contributed by atoms with Crippen LogP contribution in [0.1, 0.15) is 12.8 Å². The summed E-state index contributed by atoms with van der Waals surface area (Å²) in [6.07, 6.45) is 0.872. The number of nitro benzene ring substituents is 1. The van der Waals surface area contributed by atoms with Gasteiger partial charge in [-0.05, 0) is 24.8 Å². The molecule has 1 aliphatic rings. The van der Waals surface area contributed by atoms with Gasteiger partial charge in [0.25, 0.3) is 5.69 Å². The van der Waals surface area contributed by atoms with Gasteiger partial charge in [-0.3, -0.25) is 10.1 Å². The second-order valence-corrected chi connectivity index (χ2v) is 7.21. The largest absolute Gasteiger partial charge is 0.453 e. The number of carbonyl (C=O) groups is 1. The van der Waals surface area contributed by atoms with Crippen LogP contribution in [0.4, 0.5) is 10.5 Å². The molecule has 0 aliphatic carbocycles. The fourth-order valence-electron chi connectivity index (χ4n) is 2.59. The van der Waals surface area contributed by atoms with Gasteiger partial charge < -0.3 is 9.64 Å². The molecular weight excluding hydrogens is 338 g/mol. The number of methoxy groups -OCH3 is 1. The summed E-state index contributed by atoms with van der Waals surface area (Å²) in [6, 6.07) is 5.22. The number of hydrogen-bond acceptors (Lipinski definition) is 6. The topological polar surface area (TPSA) is 119 Å². The maximum atomic E-state index is 12.3. The normalized spacial score (nSPS) is 16.0. The lowest BCUT2D eigenvalue weighted by Crippen LogP contribution is -2.41. The molecule has 0 bridgehead atoms. The molecule has 1 aromatic rings. The monoisotopic (exact) mass is 357 g/mol. The Hall–Kier alpha value is -2.20. The Labute approximate surface area is 139 Å². The minimum Gasteiger partial charge on any atom is -0.453 e. The third-order valence-electron chi connectivity index (χ3n) is 3.96. The van der Waals surface area contributed by atoms with Crippen molar-refractivity contribution in [3.63, 3.8) is 0 Å². The molecule has 1 aliphatic heterocycles. The third kappa shape index (κ3) is 4.20. The van der Waals surface area contributed by atoms with Gasteiger partial charge in [-0.15, -0.1) is 0 Å². The molecule has 0 spiro atoms. The number of amides is 1. The summed E-state index contributed by atoms with van der Waals surface area (Å²) in [7, 11) is -2.65. The number of rotatable bonds is 5. The number of nitrogens with one attached hydrogen (secondary N) is 1. The minimum absolute atomic E-state index is 0.0587. The van der Waals surface area contributed by atoms with Gasteiger partial charge >= 0.3 is 6.09 Å². The summed E-state index contributed by atoms with van der Waals surface area (Å²) in [5.74, 6) is 0.0587. The summed E-state index contributed by atoms with van der Waals surface area (Å²) in [6.45, 7) is 1.15. The first-order valence-corrected chi connectivity index (χ1v) is 8.89. The van der Waals surface area contributed by atoms with Crippen LogP contribution in [0, 0.1) is 16.0 Å². The van der Waals surface area contributed by atoms with Crippen LogP contribution in [-0.4, -0.2) is 51.1 Å². The zero-order chi connectivity index (χ0) is 17.7. The van der Waals surface area contributed by atoms with E-state index in [-0.39, 0.29) is 17.4 Å². The second-order valence-electron chi connectivity index (χ2n) is 5.48. The third-order valence-corrected chi connectivity index (χ3v) is 5.43. The Morgan fingerprint density at radius 3 is 2.58 bits per heavy atom. The molecule has 24 heavy (non-hydrogen) atoms. The van der Waals surface area contributed by atoms with E-state index in [0.717, 1.165) is 6.07 Å². The highest BCUT2D eigenvalue weighted by Gasteiger charge is 2.28. The van der Waals surface area contributed by atoms with Gasteiger partial charge in [0, 0.05) is 25.7 Å². The van der Waals surface area contributed by atoms with E-state index in [1.807, 2.05) is 0 Å². The molecule has 1 amide bonds. The number of carbonyl (C=O) groups excluding carboxylic acids is 1. The molecule has 0 radical (unpaired) electrons. The van der Waals surface area contributed by atoms with Crippen LogP contribution >= 0.6 is 0 Å². The fraction of sp³-hybridized carbons (Fsp3) is 0.500. The molecule has 2 rings (SSSR count). The maximum absolute atomic E-state index is 12.3. The summed E-state index contributed by atoms with van der Waals surface area (Å²) in [5.41, 5.74) is -0.453. The number of benzene rings is 1. The smallest absolute Gasteiger partial charge is 0.409 e. The average molecular weight is 357 g/mol. The lowest BCUT2D eigenvalue weighted by molar-refractivity contribution is -0.387. The van der Waals surface area contributed by atoms with Crippen molar-refractivity contribution < 1.29 is 22.9 Å². The van der Waals surface area contributed by atoms with E-state index < -0.39 is 26.7 Å². The molecule has 9 nitrogen and oxygen atoms in total. The predicted octanol–water partition coefficient (Wildman–Crippen LogP) is 1.35. The van der Waals surface area contributed by atoms with Gasteiger partial charge in [0.2, 0.25) is 10.0 Å². The van der Waals surface area contributed by atoms with Crippen molar-refractivity contribution in [1.29, 1.82) is 0 Å². The van der Waals surface area contributed by atoms with E-state index >= 15 is 0 Å². The van der Waals surface area contributed by atoms with E-state index in [1.54, 1.807) is 4.90 Å². The number of hydrogen-bond donors (Lipinski definition) is 1. The zero-order valence-corrected chi connectivity index (χ0v) is 14.0. The van der Waals surface area contributed by atoms with Gasteiger partial charge in [0.1, 0.15) is 0 Å². The van der Waals surface area contributed by atoms with Gasteiger partial charge in [-0.1, -0.05) is 12.1 Å². The molecule has 0 atom stereocenters. The van der Waals surface area contributed by atoms with E-state index in [1.165, 1.54) is 25.3 Å². The second kappa shape index (κ2) is 7.58. The lowest BCUT2D eigenvalue weighted by Gasteiger charge is -2.30. The van der Waals surface area contributed by atoms with Crippen molar-refractivity contribution in [3.05, 3.63) is 34.4 Å². The van der Waals surface area contributed by atoms with Gasteiger partial charge in [-0.2, -0.15) is 0 Å². The molecule has 132 valence electrons. The predicted molar refractivity (Wildman–Crippen MR) is 85.0 cm³/mol. The van der Waals surface area contributed by atoms with Crippen LogP contribution in [-0.2, 0) is 14.8 Å². The van der Waals surface area contributed by atoms with Crippen LogP contribution in [0.25, 0.3) is 0 Å². The van der Waals surface area contributed by atoms with E-state index in [2.05, 4.69) is 9.46 Å². The van der Waals surface area contributed by atoms with Crippen LogP contribution in [0.2, 0.25) is 0 Å². The molecule has 0 aromatic heterocycles. The summed E-state index contributed by atoms with van der Waals surface area (Å²) in [5, 5.41) is 11.0. The van der Waals surface area contributed by atoms with Crippen LogP contribution in [0.5, 0.6) is 0 Å². The lowest BCUT2D eigenvalue weighted by atomic mass is 9.97. The molecule has 10 heteroatoms. The maximum Gasteiger partial charge on any atom is 0.409 e. The fourth-order valence-corrected chi connectivity index (χ4v) is 3.88. The SMILES string of the molecule is COC(=O)N1CCC(CNS(=O)(=O)c2ccccc2[N+](=O)[O-])CC1. The molecule has 1 N–H and O–H groups in total. The Kier molecular flexibility index (Phi) is 5.73. The van der Waals surface area contributed by atoms with Gasteiger partial charge in [-0.25, -0.2) is 17.9 Å². The highest BCUT2D eigenvalue weighted by molar-refractivity contribution is 7.89. The standard InChI is InChI=1S/C14H19N3O6S/c1-23-14(18)16-8-6-11(7-9-16)10-15-24(21,22)13-5-3-2-4-12(13)17(19)20/h2-5,11,15H,6-10H2,1H3. The molecule has 0 saturated carbocycles. The molecular formula is C14H19N3O6S. The van der Waals surface area contributed by atoms with Crippen molar-refractivity contribution in [3.8, 4) is 0 Å². The van der Waals surface area contributed by atoms with E-state index in [4.69, 9.17) is 0 Å². The highest BCUT2D eigenvalue weighted by atomic mass is 32.2. The van der Waals surface area contributed by atoms with Crippen molar-refractivity contribution in [1.82, 2.24) is 9.62 Å². The van der Waals surface area contributed by atoms with Gasteiger partial charge in [0.15, 0.2) is 4.90 Å². The molecule has 1 fully saturated rings. The molecule has 0 unspecified atom stereocenters. The number of ether oxygens (including phenoxy) is 1. The Morgan fingerprint density at radius 2 is 2.00 bits per heavy atom. The molecule has 1 aromatic carbocycles. The first-order valence-electron chi connectivity index (χ1n) is 7.41. The Bertz CT molecular complexity index is 713.